The summed E-state index contributed by atoms with van der Waals surface area (Å²) < 4.78 is 0. The Hall–Kier alpha value is -3.79. The Labute approximate surface area is 157 Å². The smallest absolute Gasteiger partial charge is 0.229 e. The van der Waals surface area contributed by atoms with Crippen LogP contribution in [0.1, 0.15) is 22.3 Å². The molecule has 0 aliphatic heterocycles. The maximum atomic E-state index is 11.2. The van der Waals surface area contributed by atoms with Gasteiger partial charge >= 0.3 is 0 Å². The highest BCUT2D eigenvalue weighted by Crippen LogP contribution is 2.31. The standard InChI is InChI=1S/C20H18N6O/c1-12-8-13(2)18(14(3)9-12)24-19-17(26-27)11-22-20(25-19)23-16-6-4-15(10-21)5-7-16/h4-9,11H,1-3H3,(H2,22,23,24,25). The van der Waals surface area contributed by atoms with E-state index < -0.39 is 0 Å². The molecule has 1 heterocycles. The number of aromatic nitrogens is 2. The van der Waals surface area contributed by atoms with Crippen molar-refractivity contribution < 1.29 is 0 Å². The van der Waals surface area contributed by atoms with Gasteiger partial charge in [-0.1, -0.05) is 17.7 Å². The van der Waals surface area contributed by atoms with E-state index in [1.807, 2.05) is 20.8 Å². The van der Waals surface area contributed by atoms with Gasteiger partial charge in [0.05, 0.1) is 17.8 Å². The average Bonchev–Trinajstić information content (AvgIpc) is 2.65. The summed E-state index contributed by atoms with van der Waals surface area (Å²) in [5, 5.41) is 18.1. The summed E-state index contributed by atoms with van der Waals surface area (Å²) in [6, 6.07) is 13.1. The minimum atomic E-state index is 0.125. The van der Waals surface area contributed by atoms with Gasteiger partial charge in [0.25, 0.3) is 0 Å². The minimum Gasteiger partial charge on any atom is -0.338 e. The van der Waals surface area contributed by atoms with E-state index >= 15 is 0 Å². The van der Waals surface area contributed by atoms with Crippen LogP contribution in [0.3, 0.4) is 0 Å². The van der Waals surface area contributed by atoms with Gasteiger partial charge in [0, 0.05) is 11.4 Å². The highest BCUT2D eigenvalue weighted by molar-refractivity contribution is 5.73. The van der Waals surface area contributed by atoms with E-state index in [0.29, 0.717) is 17.3 Å². The predicted octanol–water partition coefficient (Wildman–Crippen LogP) is 5.16. The van der Waals surface area contributed by atoms with Gasteiger partial charge < -0.3 is 10.6 Å². The third-order valence-corrected chi connectivity index (χ3v) is 4.06. The summed E-state index contributed by atoms with van der Waals surface area (Å²) >= 11 is 0. The predicted molar refractivity (Wildman–Crippen MR) is 106 cm³/mol. The lowest BCUT2D eigenvalue weighted by molar-refractivity contribution is 1.15. The fourth-order valence-corrected chi connectivity index (χ4v) is 2.85. The fourth-order valence-electron chi connectivity index (χ4n) is 2.85. The number of rotatable bonds is 5. The summed E-state index contributed by atoms with van der Waals surface area (Å²) in [5.41, 5.74) is 5.56. The number of nitrogens with one attached hydrogen (secondary N) is 2. The van der Waals surface area contributed by atoms with Gasteiger partial charge in [-0.2, -0.15) is 10.2 Å². The Morgan fingerprint density at radius 3 is 2.30 bits per heavy atom. The lowest BCUT2D eigenvalue weighted by atomic mass is 10.1. The zero-order valence-electron chi connectivity index (χ0n) is 15.2. The van der Waals surface area contributed by atoms with Crippen LogP contribution in [0.4, 0.5) is 28.8 Å². The van der Waals surface area contributed by atoms with Gasteiger partial charge in [0.15, 0.2) is 11.5 Å². The highest BCUT2D eigenvalue weighted by atomic mass is 16.3. The molecule has 0 unspecified atom stereocenters. The number of hydrogen-bond acceptors (Lipinski definition) is 7. The Morgan fingerprint density at radius 1 is 1.04 bits per heavy atom. The van der Waals surface area contributed by atoms with Crippen LogP contribution in [0.15, 0.2) is 47.8 Å². The van der Waals surface area contributed by atoms with Gasteiger partial charge in [-0.05, 0) is 61.3 Å². The van der Waals surface area contributed by atoms with Crippen molar-refractivity contribution >= 4 is 28.8 Å². The Kier molecular flexibility index (Phi) is 5.08. The summed E-state index contributed by atoms with van der Waals surface area (Å²) in [7, 11) is 0. The van der Waals surface area contributed by atoms with Crippen molar-refractivity contribution in [2.75, 3.05) is 10.6 Å². The number of nitroso groups, excluding NO2 is 1. The van der Waals surface area contributed by atoms with Crippen molar-refractivity contribution in [1.29, 1.82) is 5.26 Å². The summed E-state index contributed by atoms with van der Waals surface area (Å²) in [4.78, 5) is 19.7. The largest absolute Gasteiger partial charge is 0.338 e. The van der Waals surface area contributed by atoms with Crippen molar-refractivity contribution in [3.63, 3.8) is 0 Å². The highest BCUT2D eigenvalue weighted by Gasteiger charge is 2.12. The lowest BCUT2D eigenvalue weighted by Gasteiger charge is -2.14. The van der Waals surface area contributed by atoms with Crippen molar-refractivity contribution in [2.24, 2.45) is 5.18 Å². The van der Waals surface area contributed by atoms with Crippen LogP contribution in [0.5, 0.6) is 0 Å². The molecule has 134 valence electrons. The number of hydrogen-bond donors (Lipinski definition) is 2. The number of anilines is 4. The fraction of sp³-hybridized carbons (Fsp3) is 0.150. The SMILES string of the molecule is Cc1cc(C)c(Nc2nc(Nc3ccc(C#N)cc3)ncc2N=O)c(C)c1. The second-order valence-electron chi connectivity index (χ2n) is 6.23. The normalized spacial score (nSPS) is 10.1. The van der Waals surface area contributed by atoms with Crippen molar-refractivity contribution in [3.05, 3.63) is 69.8 Å². The third-order valence-electron chi connectivity index (χ3n) is 4.06. The summed E-state index contributed by atoms with van der Waals surface area (Å²) in [6.07, 6.45) is 1.37. The molecule has 2 aromatic carbocycles. The molecule has 0 saturated carbocycles. The molecule has 0 radical (unpaired) electrons. The quantitative estimate of drug-likeness (QED) is 0.611. The summed E-state index contributed by atoms with van der Waals surface area (Å²) in [6.45, 7) is 6.02. The molecule has 27 heavy (non-hydrogen) atoms. The molecule has 3 aromatic rings. The number of aryl methyl sites for hydroxylation is 3. The van der Waals surface area contributed by atoms with Crippen molar-refractivity contribution in [3.8, 4) is 6.07 Å². The van der Waals surface area contributed by atoms with Gasteiger partial charge in [0.1, 0.15) is 0 Å². The minimum absolute atomic E-state index is 0.125. The Morgan fingerprint density at radius 2 is 1.70 bits per heavy atom. The third kappa shape index (κ3) is 4.07. The molecular formula is C20H18N6O. The molecule has 3 rings (SSSR count). The van der Waals surface area contributed by atoms with E-state index in [0.717, 1.165) is 28.1 Å². The number of benzene rings is 2. The Balaban J connectivity index is 1.92. The molecule has 0 aliphatic rings. The van der Waals surface area contributed by atoms with E-state index in [1.165, 1.54) is 6.20 Å². The van der Waals surface area contributed by atoms with E-state index in [9.17, 15) is 4.91 Å². The molecule has 0 atom stereocenters. The molecule has 0 fully saturated rings. The van der Waals surface area contributed by atoms with Crippen LogP contribution >= 0.6 is 0 Å². The van der Waals surface area contributed by atoms with Gasteiger partial charge in [-0.25, -0.2) is 4.98 Å². The molecule has 0 saturated heterocycles. The van der Waals surface area contributed by atoms with Crippen LogP contribution in [0, 0.1) is 37.0 Å². The van der Waals surface area contributed by atoms with Crippen LogP contribution in [0.25, 0.3) is 0 Å². The van der Waals surface area contributed by atoms with Crippen LogP contribution < -0.4 is 10.6 Å². The zero-order chi connectivity index (χ0) is 19.4. The molecule has 2 N–H and O–H groups in total. The number of nitrogens with zero attached hydrogens (tertiary/aromatic N) is 4. The van der Waals surface area contributed by atoms with Gasteiger partial charge in [-0.15, -0.1) is 4.91 Å². The van der Waals surface area contributed by atoms with E-state index in [1.54, 1.807) is 24.3 Å². The molecule has 7 nitrogen and oxygen atoms in total. The van der Waals surface area contributed by atoms with Crippen molar-refractivity contribution in [2.45, 2.75) is 20.8 Å². The van der Waals surface area contributed by atoms with Crippen molar-refractivity contribution in [1.82, 2.24) is 9.97 Å². The summed E-state index contributed by atoms with van der Waals surface area (Å²) in [5.74, 6) is 0.642. The first-order valence-electron chi connectivity index (χ1n) is 8.32. The maximum Gasteiger partial charge on any atom is 0.229 e. The molecule has 0 aliphatic carbocycles. The van der Waals surface area contributed by atoms with Crippen LogP contribution in [-0.4, -0.2) is 9.97 Å². The van der Waals surface area contributed by atoms with Crippen LogP contribution in [0.2, 0.25) is 0 Å². The first kappa shape index (κ1) is 18.0. The van der Waals surface area contributed by atoms with Gasteiger partial charge in [-0.3, -0.25) is 0 Å². The first-order valence-corrected chi connectivity index (χ1v) is 8.32. The molecule has 0 bridgehead atoms. The average molecular weight is 358 g/mol. The monoisotopic (exact) mass is 358 g/mol. The van der Waals surface area contributed by atoms with E-state index in [2.05, 4.69) is 44.0 Å². The first-order chi connectivity index (χ1) is 13.0. The Bertz CT molecular complexity index is 1010. The second-order valence-corrected chi connectivity index (χ2v) is 6.23. The number of nitriles is 1. The maximum absolute atomic E-state index is 11.2. The molecule has 7 heteroatoms. The van der Waals surface area contributed by atoms with E-state index in [-0.39, 0.29) is 5.69 Å². The molecular weight excluding hydrogens is 340 g/mol. The zero-order valence-corrected chi connectivity index (χ0v) is 15.2. The molecule has 0 amide bonds. The van der Waals surface area contributed by atoms with Gasteiger partial charge in [0.2, 0.25) is 5.95 Å². The van der Waals surface area contributed by atoms with Crippen LogP contribution in [-0.2, 0) is 0 Å². The molecule has 0 spiro atoms. The molecule has 1 aromatic heterocycles. The topological polar surface area (TPSA) is 103 Å². The lowest BCUT2D eigenvalue weighted by Crippen LogP contribution is -2.03. The van der Waals surface area contributed by atoms with E-state index in [4.69, 9.17) is 5.26 Å². The second kappa shape index (κ2) is 7.62.